The van der Waals surface area contributed by atoms with Gasteiger partial charge in [0.25, 0.3) is 0 Å². The molecule has 4 heterocycles. The monoisotopic (exact) mass is 723 g/mol. The van der Waals surface area contributed by atoms with Gasteiger partial charge in [-0.05, 0) is 89.5 Å². The van der Waals surface area contributed by atoms with Crippen LogP contribution in [0.25, 0.3) is 115 Å². The van der Waals surface area contributed by atoms with Crippen molar-refractivity contribution in [2.24, 2.45) is 0 Å². The molecule has 0 aliphatic rings. The number of para-hydroxylation sites is 6. The Labute approximate surface area is 327 Å². The van der Waals surface area contributed by atoms with Gasteiger partial charge in [-0.2, -0.15) is 0 Å². The number of hydrogen-bond acceptors (Lipinski definition) is 0. The maximum atomic E-state index is 2.51. The summed E-state index contributed by atoms with van der Waals surface area (Å²) in [4.78, 5) is 0. The third-order valence-electron chi connectivity index (χ3n) is 12.4. The van der Waals surface area contributed by atoms with E-state index in [-0.39, 0.29) is 0 Å². The Morgan fingerprint density at radius 1 is 0.246 bits per heavy atom. The minimum Gasteiger partial charge on any atom is -0.309 e. The summed E-state index contributed by atoms with van der Waals surface area (Å²) in [6.07, 6.45) is 0. The molecule has 0 atom stereocenters. The van der Waals surface area contributed by atoms with E-state index >= 15 is 0 Å². The second kappa shape index (κ2) is 11.5. The molecular formula is C54H33N3. The van der Waals surface area contributed by atoms with E-state index in [4.69, 9.17) is 0 Å². The molecular weight excluding hydrogens is 691 g/mol. The van der Waals surface area contributed by atoms with E-state index in [1.165, 1.54) is 110 Å². The van der Waals surface area contributed by atoms with Crippen molar-refractivity contribution < 1.29 is 0 Å². The number of aromatic nitrogens is 3. The van der Waals surface area contributed by atoms with Gasteiger partial charge in [-0.25, -0.2) is 0 Å². The summed E-state index contributed by atoms with van der Waals surface area (Å²) < 4.78 is 7.31. The van der Waals surface area contributed by atoms with Gasteiger partial charge in [-0.3, -0.25) is 0 Å². The normalized spacial score (nSPS) is 12.2. The molecule has 13 aromatic rings. The zero-order valence-corrected chi connectivity index (χ0v) is 30.9. The highest BCUT2D eigenvalue weighted by molar-refractivity contribution is 6.25. The van der Waals surface area contributed by atoms with Crippen LogP contribution in [0.15, 0.2) is 200 Å². The van der Waals surface area contributed by atoms with Gasteiger partial charge in [0, 0.05) is 60.0 Å². The summed E-state index contributed by atoms with van der Waals surface area (Å²) in [5, 5.41) is 10.2. The largest absolute Gasteiger partial charge is 0.309 e. The molecule has 0 spiro atoms. The first-order valence-corrected chi connectivity index (χ1v) is 19.7. The molecule has 4 aromatic heterocycles. The lowest BCUT2D eigenvalue weighted by Gasteiger charge is -2.09. The van der Waals surface area contributed by atoms with E-state index in [9.17, 15) is 0 Å². The molecule has 0 amide bonds. The number of hydrogen-bond donors (Lipinski definition) is 0. The molecule has 0 N–H and O–H groups in total. The van der Waals surface area contributed by atoms with Gasteiger partial charge in [0.2, 0.25) is 0 Å². The molecule has 3 heteroatoms. The lowest BCUT2D eigenvalue weighted by Crippen LogP contribution is -1.93. The van der Waals surface area contributed by atoms with Crippen molar-refractivity contribution in [3.8, 4) is 33.6 Å². The van der Waals surface area contributed by atoms with Gasteiger partial charge >= 0.3 is 0 Å². The van der Waals surface area contributed by atoms with Gasteiger partial charge < -0.3 is 13.5 Å². The fourth-order valence-electron chi connectivity index (χ4n) is 9.94. The zero-order valence-electron chi connectivity index (χ0n) is 30.9. The highest BCUT2D eigenvalue weighted by Crippen LogP contribution is 2.44. The average Bonchev–Trinajstić information content (AvgIpc) is 4.01. The Morgan fingerprint density at radius 2 is 0.649 bits per heavy atom. The SMILES string of the molecule is c1ccc(-n2c3ccccc3c3cc(-c4ccc5c(c4)c4cc(-c6cccc7c8cccc9c%10ccccc%10n(c67)c98)ccc4n5-c4ccccc4)ccc32)cc1. The van der Waals surface area contributed by atoms with E-state index in [2.05, 4.69) is 214 Å². The van der Waals surface area contributed by atoms with Crippen LogP contribution in [0.4, 0.5) is 0 Å². The smallest absolute Gasteiger partial charge is 0.0620 e. The Morgan fingerprint density at radius 3 is 1.26 bits per heavy atom. The van der Waals surface area contributed by atoms with Crippen LogP contribution in [0.5, 0.6) is 0 Å². The van der Waals surface area contributed by atoms with E-state index in [1.807, 2.05) is 0 Å². The first kappa shape index (κ1) is 30.7. The Hall–Kier alpha value is -7.62. The first-order chi connectivity index (χ1) is 28.3. The topological polar surface area (TPSA) is 14.3 Å². The highest BCUT2D eigenvalue weighted by atomic mass is 15.0. The molecule has 0 unspecified atom stereocenters. The molecule has 0 fully saturated rings. The molecule has 264 valence electrons. The summed E-state index contributed by atoms with van der Waals surface area (Å²) in [5.41, 5.74) is 15.8. The molecule has 0 saturated heterocycles. The number of fused-ring (bicyclic) bond motifs is 12. The standard InChI is InChI=1S/C54H33N3/c1-3-13-37(14-4-1)55-48-23-9-8-18-41(48)45-31-34(25-28-50(45)55)35-26-29-51-46(32-35)47-33-36(27-30-52(47)56(51)38-15-5-2-6-16-38)39-19-11-21-43-44-22-12-20-42-40-17-7-10-24-49(40)57(53(39)43)54(42)44/h1-33H. The van der Waals surface area contributed by atoms with Crippen LogP contribution in [-0.4, -0.2) is 13.5 Å². The Balaban J connectivity index is 1.06. The maximum Gasteiger partial charge on any atom is 0.0620 e. The van der Waals surface area contributed by atoms with E-state index in [0.717, 1.165) is 5.69 Å². The van der Waals surface area contributed by atoms with Gasteiger partial charge in [0.05, 0.1) is 38.6 Å². The molecule has 0 aliphatic heterocycles. The molecule has 57 heavy (non-hydrogen) atoms. The lowest BCUT2D eigenvalue weighted by atomic mass is 9.98. The summed E-state index contributed by atoms with van der Waals surface area (Å²) in [6, 6.07) is 73.7. The third-order valence-corrected chi connectivity index (χ3v) is 12.4. The Bertz CT molecular complexity index is 3730. The summed E-state index contributed by atoms with van der Waals surface area (Å²) in [6.45, 7) is 0. The van der Waals surface area contributed by atoms with E-state index in [1.54, 1.807) is 0 Å². The average molecular weight is 724 g/mol. The van der Waals surface area contributed by atoms with Crippen LogP contribution in [0, 0.1) is 0 Å². The summed E-state index contributed by atoms with van der Waals surface area (Å²) in [7, 11) is 0. The first-order valence-electron chi connectivity index (χ1n) is 19.7. The fourth-order valence-corrected chi connectivity index (χ4v) is 9.94. The van der Waals surface area contributed by atoms with Crippen LogP contribution in [0.1, 0.15) is 0 Å². The molecule has 0 bridgehead atoms. The quantitative estimate of drug-likeness (QED) is 0.172. The second-order valence-electron chi connectivity index (χ2n) is 15.3. The zero-order chi connectivity index (χ0) is 37.2. The van der Waals surface area contributed by atoms with Crippen LogP contribution in [-0.2, 0) is 0 Å². The van der Waals surface area contributed by atoms with Gasteiger partial charge in [-0.1, -0.05) is 127 Å². The van der Waals surface area contributed by atoms with Crippen LogP contribution in [0.3, 0.4) is 0 Å². The van der Waals surface area contributed by atoms with Crippen molar-refractivity contribution in [3.63, 3.8) is 0 Å². The van der Waals surface area contributed by atoms with Crippen molar-refractivity contribution in [3.05, 3.63) is 200 Å². The minimum atomic E-state index is 1.16. The Kier molecular flexibility index (Phi) is 6.16. The number of rotatable bonds is 4. The molecule has 0 radical (unpaired) electrons. The van der Waals surface area contributed by atoms with Crippen LogP contribution >= 0.6 is 0 Å². The molecule has 13 rings (SSSR count). The lowest BCUT2D eigenvalue weighted by molar-refractivity contribution is 1.18. The minimum absolute atomic E-state index is 1.16. The van der Waals surface area contributed by atoms with Crippen LogP contribution in [0.2, 0.25) is 0 Å². The molecule has 0 saturated carbocycles. The number of nitrogens with zero attached hydrogens (tertiary/aromatic N) is 3. The van der Waals surface area contributed by atoms with E-state index in [0.29, 0.717) is 0 Å². The molecule has 3 nitrogen and oxygen atoms in total. The van der Waals surface area contributed by atoms with Crippen molar-refractivity contribution in [1.82, 2.24) is 13.5 Å². The van der Waals surface area contributed by atoms with Crippen LogP contribution < -0.4 is 0 Å². The fraction of sp³-hybridized carbons (Fsp3) is 0. The predicted molar refractivity (Wildman–Crippen MR) is 241 cm³/mol. The molecule has 0 aliphatic carbocycles. The highest BCUT2D eigenvalue weighted by Gasteiger charge is 2.21. The molecule has 9 aromatic carbocycles. The summed E-state index contributed by atoms with van der Waals surface area (Å²) in [5.74, 6) is 0. The van der Waals surface area contributed by atoms with Crippen molar-refractivity contribution >= 4 is 81.7 Å². The predicted octanol–water partition coefficient (Wildman–Crippen LogP) is 14.4. The maximum absolute atomic E-state index is 2.51. The second-order valence-corrected chi connectivity index (χ2v) is 15.3. The van der Waals surface area contributed by atoms with Crippen molar-refractivity contribution in [2.75, 3.05) is 0 Å². The van der Waals surface area contributed by atoms with Crippen molar-refractivity contribution in [1.29, 1.82) is 0 Å². The van der Waals surface area contributed by atoms with Gasteiger partial charge in [0.1, 0.15) is 0 Å². The van der Waals surface area contributed by atoms with Crippen molar-refractivity contribution in [2.45, 2.75) is 0 Å². The summed E-state index contributed by atoms with van der Waals surface area (Å²) >= 11 is 0. The van der Waals surface area contributed by atoms with E-state index < -0.39 is 0 Å². The third kappa shape index (κ3) is 4.20. The van der Waals surface area contributed by atoms with Gasteiger partial charge in [-0.15, -0.1) is 0 Å². The van der Waals surface area contributed by atoms with Gasteiger partial charge in [0.15, 0.2) is 0 Å². The number of benzene rings is 9.